The molecule has 1 aromatic carbocycles. The fourth-order valence-electron chi connectivity index (χ4n) is 1.26. The standard InChI is InChI=1S/C11H12FNO/c1-3-14-11(7-13)10-6-9(12)5-4-8(10)2/h4-6,11H,3H2,1-2H3. The van der Waals surface area contributed by atoms with Crippen molar-refractivity contribution in [2.45, 2.75) is 20.0 Å². The zero-order valence-electron chi connectivity index (χ0n) is 8.25. The maximum absolute atomic E-state index is 12.9. The molecule has 0 amide bonds. The number of halogens is 1. The van der Waals surface area contributed by atoms with E-state index in [4.69, 9.17) is 10.00 Å². The van der Waals surface area contributed by atoms with Crippen LogP contribution in [0.5, 0.6) is 0 Å². The average molecular weight is 193 g/mol. The Kier molecular flexibility index (Phi) is 3.61. The molecule has 0 heterocycles. The predicted molar refractivity (Wildman–Crippen MR) is 51.1 cm³/mol. The summed E-state index contributed by atoms with van der Waals surface area (Å²) in [6.45, 7) is 4.07. The van der Waals surface area contributed by atoms with E-state index in [1.807, 2.05) is 13.0 Å². The predicted octanol–water partition coefficient (Wildman–Crippen LogP) is 2.74. The van der Waals surface area contributed by atoms with Crippen LogP contribution in [0.15, 0.2) is 18.2 Å². The van der Waals surface area contributed by atoms with Gasteiger partial charge in [-0.25, -0.2) is 4.39 Å². The first-order chi connectivity index (χ1) is 6.69. The average Bonchev–Trinajstić information content (AvgIpc) is 2.18. The third-order valence-electron chi connectivity index (χ3n) is 1.97. The number of ether oxygens (including phenoxy) is 1. The van der Waals surface area contributed by atoms with Crippen LogP contribution in [0.4, 0.5) is 4.39 Å². The minimum atomic E-state index is -0.671. The number of hydrogen-bond donors (Lipinski definition) is 0. The first-order valence-electron chi connectivity index (χ1n) is 4.46. The molecule has 2 nitrogen and oxygen atoms in total. The maximum Gasteiger partial charge on any atom is 0.169 e. The number of hydrogen-bond acceptors (Lipinski definition) is 2. The minimum Gasteiger partial charge on any atom is -0.359 e. The van der Waals surface area contributed by atoms with Gasteiger partial charge in [0.1, 0.15) is 5.82 Å². The van der Waals surface area contributed by atoms with Crippen LogP contribution in [0, 0.1) is 24.1 Å². The van der Waals surface area contributed by atoms with Crippen LogP contribution >= 0.6 is 0 Å². The van der Waals surface area contributed by atoms with Crippen molar-refractivity contribution in [3.63, 3.8) is 0 Å². The second-order valence-corrected chi connectivity index (χ2v) is 2.97. The third kappa shape index (κ3) is 2.30. The lowest BCUT2D eigenvalue weighted by molar-refractivity contribution is 0.101. The Morgan fingerprint density at radius 3 is 2.86 bits per heavy atom. The van der Waals surface area contributed by atoms with Crippen LogP contribution in [0.1, 0.15) is 24.2 Å². The molecule has 14 heavy (non-hydrogen) atoms. The molecule has 1 rings (SSSR count). The molecule has 0 radical (unpaired) electrons. The molecule has 1 unspecified atom stereocenters. The fraction of sp³-hybridized carbons (Fsp3) is 0.364. The molecule has 0 aromatic heterocycles. The Hall–Kier alpha value is -1.40. The molecule has 0 aliphatic rings. The van der Waals surface area contributed by atoms with E-state index in [9.17, 15) is 4.39 Å². The number of benzene rings is 1. The van der Waals surface area contributed by atoms with E-state index in [-0.39, 0.29) is 5.82 Å². The van der Waals surface area contributed by atoms with Gasteiger partial charge in [-0.2, -0.15) is 5.26 Å². The molecule has 0 aliphatic carbocycles. The first-order valence-corrected chi connectivity index (χ1v) is 4.46. The topological polar surface area (TPSA) is 33.0 Å². The van der Waals surface area contributed by atoms with Gasteiger partial charge in [-0.05, 0) is 31.5 Å². The molecule has 0 saturated carbocycles. The van der Waals surface area contributed by atoms with Crippen molar-refractivity contribution in [1.29, 1.82) is 5.26 Å². The number of aryl methyl sites for hydroxylation is 1. The van der Waals surface area contributed by atoms with Gasteiger partial charge in [0.2, 0.25) is 0 Å². The van der Waals surface area contributed by atoms with Gasteiger partial charge in [-0.1, -0.05) is 6.07 Å². The molecular formula is C11H12FNO. The lowest BCUT2D eigenvalue weighted by atomic mass is 10.0. The van der Waals surface area contributed by atoms with Crippen molar-refractivity contribution < 1.29 is 9.13 Å². The molecule has 0 saturated heterocycles. The summed E-state index contributed by atoms with van der Waals surface area (Å²) >= 11 is 0. The van der Waals surface area contributed by atoms with Crippen LogP contribution in [0.25, 0.3) is 0 Å². The van der Waals surface area contributed by atoms with Gasteiger partial charge in [0.05, 0.1) is 6.07 Å². The molecule has 0 N–H and O–H groups in total. The molecule has 74 valence electrons. The molecule has 1 atom stereocenters. The van der Waals surface area contributed by atoms with E-state index in [1.165, 1.54) is 12.1 Å². The highest BCUT2D eigenvalue weighted by molar-refractivity contribution is 5.31. The number of nitriles is 1. The summed E-state index contributed by atoms with van der Waals surface area (Å²) in [6, 6.07) is 6.37. The normalized spacial score (nSPS) is 12.1. The van der Waals surface area contributed by atoms with Crippen molar-refractivity contribution in [2.24, 2.45) is 0 Å². The number of nitrogens with zero attached hydrogens (tertiary/aromatic N) is 1. The van der Waals surface area contributed by atoms with Crippen molar-refractivity contribution in [3.8, 4) is 6.07 Å². The quantitative estimate of drug-likeness (QED) is 0.739. The number of rotatable bonds is 3. The molecule has 0 aliphatic heterocycles. The van der Waals surface area contributed by atoms with E-state index in [1.54, 1.807) is 13.0 Å². The molecular weight excluding hydrogens is 181 g/mol. The Morgan fingerprint density at radius 2 is 2.29 bits per heavy atom. The van der Waals surface area contributed by atoms with Gasteiger partial charge < -0.3 is 4.74 Å². The van der Waals surface area contributed by atoms with Crippen LogP contribution < -0.4 is 0 Å². The Labute approximate surface area is 82.9 Å². The highest BCUT2D eigenvalue weighted by atomic mass is 19.1. The van der Waals surface area contributed by atoms with Crippen molar-refractivity contribution in [2.75, 3.05) is 6.61 Å². The fourth-order valence-corrected chi connectivity index (χ4v) is 1.26. The highest BCUT2D eigenvalue weighted by Crippen LogP contribution is 2.21. The van der Waals surface area contributed by atoms with Gasteiger partial charge in [0.25, 0.3) is 0 Å². The van der Waals surface area contributed by atoms with Crippen molar-refractivity contribution in [3.05, 3.63) is 35.1 Å². The van der Waals surface area contributed by atoms with Gasteiger partial charge in [0, 0.05) is 12.2 Å². The van der Waals surface area contributed by atoms with Crippen molar-refractivity contribution in [1.82, 2.24) is 0 Å². The van der Waals surface area contributed by atoms with E-state index in [2.05, 4.69) is 0 Å². The van der Waals surface area contributed by atoms with Gasteiger partial charge in [0.15, 0.2) is 6.10 Å². The Morgan fingerprint density at radius 1 is 1.57 bits per heavy atom. The summed E-state index contributed by atoms with van der Waals surface area (Å²) in [4.78, 5) is 0. The summed E-state index contributed by atoms with van der Waals surface area (Å²) in [5.41, 5.74) is 1.47. The monoisotopic (exact) mass is 193 g/mol. The van der Waals surface area contributed by atoms with E-state index in [0.717, 1.165) is 5.56 Å². The van der Waals surface area contributed by atoms with E-state index in [0.29, 0.717) is 12.2 Å². The Balaban J connectivity index is 3.03. The summed E-state index contributed by atoms with van der Waals surface area (Å²) in [5.74, 6) is -0.342. The van der Waals surface area contributed by atoms with Gasteiger partial charge in [-0.15, -0.1) is 0 Å². The lowest BCUT2D eigenvalue weighted by Crippen LogP contribution is -2.04. The van der Waals surface area contributed by atoms with Crippen LogP contribution in [-0.4, -0.2) is 6.61 Å². The first kappa shape index (κ1) is 10.7. The molecule has 1 aromatic rings. The molecule has 0 fully saturated rings. The summed E-state index contributed by atoms with van der Waals surface area (Å²) in [6.07, 6.45) is -0.671. The highest BCUT2D eigenvalue weighted by Gasteiger charge is 2.13. The molecule has 0 spiro atoms. The summed E-state index contributed by atoms with van der Waals surface area (Å²) in [5, 5.41) is 8.83. The molecule has 0 bridgehead atoms. The SMILES string of the molecule is CCOC(C#N)c1cc(F)ccc1C. The second-order valence-electron chi connectivity index (χ2n) is 2.97. The largest absolute Gasteiger partial charge is 0.359 e. The van der Waals surface area contributed by atoms with Crippen LogP contribution in [-0.2, 0) is 4.74 Å². The van der Waals surface area contributed by atoms with Gasteiger partial charge >= 0.3 is 0 Å². The van der Waals surface area contributed by atoms with Crippen LogP contribution in [0.3, 0.4) is 0 Å². The zero-order chi connectivity index (χ0) is 10.6. The zero-order valence-corrected chi connectivity index (χ0v) is 8.25. The smallest absolute Gasteiger partial charge is 0.169 e. The molecule has 3 heteroatoms. The Bertz CT molecular complexity index is 357. The van der Waals surface area contributed by atoms with Crippen molar-refractivity contribution >= 4 is 0 Å². The second kappa shape index (κ2) is 4.73. The minimum absolute atomic E-state index is 0.342. The lowest BCUT2D eigenvalue weighted by Gasteiger charge is -2.11. The van der Waals surface area contributed by atoms with Gasteiger partial charge in [-0.3, -0.25) is 0 Å². The summed E-state index contributed by atoms with van der Waals surface area (Å²) < 4.78 is 18.1. The maximum atomic E-state index is 12.9. The summed E-state index contributed by atoms with van der Waals surface area (Å²) in [7, 11) is 0. The van der Waals surface area contributed by atoms with Crippen LogP contribution in [0.2, 0.25) is 0 Å². The third-order valence-corrected chi connectivity index (χ3v) is 1.97. The van der Waals surface area contributed by atoms with E-state index >= 15 is 0 Å². The van der Waals surface area contributed by atoms with E-state index < -0.39 is 6.10 Å².